The molecule has 0 aromatic rings. The van der Waals surface area contributed by atoms with Crippen molar-refractivity contribution in [3.05, 3.63) is 10.1 Å². The Bertz CT molecular complexity index is 388. The SMILES string of the molecule is C[Si](C)(C)NC(O[Si](C)(C)C)(C(F)(F)F)C(F)(F)[N+](=O)[O-]. The van der Waals surface area contributed by atoms with Crippen LogP contribution in [0.5, 0.6) is 0 Å². The molecule has 0 rings (SSSR count). The van der Waals surface area contributed by atoms with E-state index in [1.807, 2.05) is 0 Å². The molecule has 0 aliphatic rings. The molecule has 0 radical (unpaired) electrons. The predicted molar refractivity (Wildman–Crippen MR) is 71.6 cm³/mol. The third kappa shape index (κ3) is 4.69. The van der Waals surface area contributed by atoms with Crippen LogP contribution in [0.15, 0.2) is 0 Å². The molecule has 0 aromatic carbocycles. The molecule has 0 aliphatic carbocycles. The van der Waals surface area contributed by atoms with Crippen molar-refractivity contribution < 1.29 is 31.3 Å². The standard InChI is InChI=1S/C9H19F5N2O3Si2/c1-20(2,3)15-7(8(10,11)12,19-21(4,5)6)9(13,14)16(17)18/h15H,1-6H3. The molecule has 0 bridgehead atoms. The highest BCUT2D eigenvalue weighted by Gasteiger charge is 2.81. The summed E-state index contributed by atoms with van der Waals surface area (Å²) >= 11 is 0. The molecular formula is C9H19F5N2O3Si2. The van der Waals surface area contributed by atoms with E-state index in [0.29, 0.717) is 0 Å². The number of rotatable bonds is 6. The van der Waals surface area contributed by atoms with E-state index in [1.165, 1.54) is 39.3 Å². The monoisotopic (exact) mass is 354 g/mol. The normalized spacial score (nSPS) is 17.5. The van der Waals surface area contributed by atoms with Crippen molar-refractivity contribution in [2.75, 3.05) is 0 Å². The van der Waals surface area contributed by atoms with Crippen molar-refractivity contribution in [1.29, 1.82) is 0 Å². The molecule has 0 saturated carbocycles. The van der Waals surface area contributed by atoms with Crippen LogP contribution in [-0.2, 0) is 4.43 Å². The maximum Gasteiger partial charge on any atom is 0.562 e. The molecule has 0 amide bonds. The summed E-state index contributed by atoms with van der Waals surface area (Å²) in [6, 6.07) is -5.36. The van der Waals surface area contributed by atoms with Gasteiger partial charge in [-0.1, -0.05) is 19.6 Å². The third-order valence-corrected chi connectivity index (χ3v) is 4.08. The molecule has 0 spiro atoms. The van der Waals surface area contributed by atoms with Crippen LogP contribution in [0.25, 0.3) is 0 Å². The van der Waals surface area contributed by atoms with Gasteiger partial charge in [0.05, 0.1) is 0 Å². The van der Waals surface area contributed by atoms with Crippen LogP contribution in [-0.4, -0.2) is 39.4 Å². The first kappa shape index (κ1) is 20.4. The molecular weight excluding hydrogens is 335 g/mol. The fourth-order valence-electron chi connectivity index (χ4n) is 1.58. The van der Waals surface area contributed by atoms with Crippen LogP contribution in [0.2, 0.25) is 39.3 Å². The van der Waals surface area contributed by atoms with Crippen LogP contribution in [0.3, 0.4) is 0 Å². The van der Waals surface area contributed by atoms with E-state index in [-0.39, 0.29) is 0 Å². The summed E-state index contributed by atoms with van der Waals surface area (Å²) in [4.78, 5) is 10.0. The number of hydrogen-bond donors (Lipinski definition) is 1. The maximum absolute atomic E-state index is 13.9. The average Bonchev–Trinajstić information content (AvgIpc) is 2.09. The highest BCUT2D eigenvalue weighted by molar-refractivity contribution is 6.74. The lowest BCUT2D eigenvalue weighted by Crippen LogP contribution is -2.77. The summed E-state index contributed by atoms with van der Waals surface area (Å²) in [7, 11) is -6.22. The first-order valence-corrected chi connectivity index (χ1v) is 12.9. The van der Waals surface area contributed by atoms with E-state index < -0.39 is 39.4 Å². The Morgan fingerprint density at radius 1 is 1.00 bits per heavy atom. The van der Waals surface area contributed by atoms with Gasteiger partial charge in [0, 0.05) is 0 Å². The highest BCUT2D eigenvalue weighted by Crippen LogP contribution is 2.45. The fraction of sp³-hybridized carbons (Fsp3) is 1.00. The average molecular weight is 354 g/mol. The zero-order chi connectivity index (χ0) is 17.5. The molecule has 12 heteroatoms. The fourth-order valence-corrected chi connectivity index (χ4v) is 4.29. The summed E-state index contributed by atoms with van der Waals surface area (Å²) < 4.78 is 72.5. The Kier molecular flexibility index (Phi) is 5.39. The molecule has 0 aromatic heterocycles. The molecule has 1 N–H and O–H groups in total. The van der Waals surface area contributed by atoms with Crippen LogP contribution >= 0.6 is 0 Å². The van der Waals surface area contributed by atoms with Crippen LogP contribution in [0, 0.1) is 10.1 Å². The molecule has 0 heterocycles. The van der Waals surface area contributed by atoms with Crippen molar-refractivity contribution in [1.82, 2.24) is 4.98 Å². The van der Waals surface area contributed by atoms with E-state index >= 15 is 0 Å². The summed E-state index contributed by atoms with van der Waals surface area (Å²) in [6.45, 7) is 7.69. The van der Waals surface area contributed by atoms with E-state index in [4.69, 9.17) is 0 Å². The van der Waals surface area contributed by atoms with E-state index in [2.05, 4.69) is 4.43 Å². The number of nitro groups is 1. The predicted octanol–water partition coefficient (Wildman–Crippen LogP) is 3.39. The lowest BCUT2D eigenvalue weighted by atomic mass is 10.2. The van der Waals surface area contributed by atoms with Gasteiger partial charge in [-0.25, -0.2) is 0 Å². The van der Waals surface area contributed by atoms with Crippen LogP contribution in [0.1, 0.15) is 0 Å². The van der Waals surface area contributed by atoms with E-state index in [9.17, 15) is 32.1 Å². The minimum atomic E-state index is -5.66. The molecule has 126 valence electrons. The molecule has 0 aliphatic heterocycles. The second-order valence-electron chi connectivity index (χ2n) is 6.57. The van der Waals surface area contributed by atoms with Gasteiger partial charge in [0.1, 0.15) is 13.2 Å². The third-order valence-electron chi connectivity index (χ3n) is 2.06. The van der Waals surface area contributed by atoms with Crippen molar-refractivity contribution in [2.45, 2.75) is 57.2 Å². The first-order valence-electron chi connectivity index (χ1n) is 5.94. The van der Waals surface area contributed by atoms with Crippen molar-refractivity contribution >= 4 is 16.6 Å². The van der Waals surface area contributed by atoms with Crippen LogP contribution < -0.4 is 4.98 Å². The van der Waals surface area contributed by atoms with Crippen molar-refractivity contribution in [2.24, 2.45) is 0 Å². The number of halogens is 5. The zero-order valence-electron chi connectivity index (χ0n) is 12.6. The number of nitrogens with zero attached hydrogens (tertiary/aromatic N) is 1. The van der Waals surface area contributed by atoms with Gasteiger partial charge in [-0.15, -0.1) is 8.78 Å². The number of alkyl halides is 5. The second kappa shape index (κ2) is 5.55. The van der Waals surface area contributed by atoms with Gasteiger partial charge in [0.25, 0.3) is 0 Å². The Balaban J connectivity index is 6.32. The van der Waals surface area contributed by atoms with Gasteiger partial charge >= 0.3 is 17.9 Å². The Morgan fingerprint density at radius 2 is 1.38 bits per heavy atom. The summed E-state index contributed by atoms with van der Waals surface area (Å²) in [5, 5.41) is 10.6. The van der Waals surface area contributed by atoms with Crippen molar-refractivity contribution in [3.63, 3.8) is 0 Å². The lowest BCUT2D eigenvalue weighted by Gasteiger charge is -2.43. The first-order chi connectivity index (χ1) is 8.86. The summed E-state index contributed by atoms with van der Waals surface area (Å²) in [6.07, 6.45) is -5.66. The quantitative estimate of drug-likeness (QED) is 0.198. The second-order valence-corrected chi connectivity index (χ2v) is 15.7. The smallest absolute Gasteiger partial charge is 0.383 e. The number of hydrogen-bond acceptors (Lipinski definition) is 4. The molecule has 5 nitrogen and oxygen atoms in total. The summed E-state index contributed by atoms with van der Waals surface area (Å²) in [5.41, 5.74) is -4.33. The topological polar surface area (TPSA) is 64.4 Å². The van der Waals surface area contributed by atoms with Gasteiger partial charge in [-0.3, -0.25) is 15.1 Å². The van der Waals surface area contributed by atoms with E-state index in [0.717, 1.165) is 0 Å². The van der Waals surface area contributed by atoms with E-state index in [1.54, 1.807) is 4.98 Å². The minimum Gasteiger partial charge on any atom is -0.383 e. The van der Waals surface area contributed by atoms with Gasteiger partial charge in [0.2, 0.25) is 0 Å². The molecule has 0 saturated heterocycles. The largest absolute Gasteiger partial charge is 0.562 e. The lowest BCUT2D eigenvalue weighted by molar-refractivity contribution is -0.680. The zero-order valence-corrected chi connectivity index (χ0v) is 14.6. The number of nitrogens with one attached hydrogen (secondary N) is 1. The Hall–Kier alpha value is -0.596. The molecule has 21 heavy (non-hydrogen) atoms. The Morgan fingerprint density at radius 3 is 1.57 bits per heavy atom. The van der Waals surface area contributed by atoms with Gasteiger partial charge in [0.15, 0.2) is 8.32 Å². The minimum absolute atomic E-state index is 1.25. The Labute approximate surface area is 121 Å². The van der Waals surface area contributed by atoms with Gasteiger partial charge in [-0.2, -0.15) is 13.2 Å². The maximum atomic E-state index is 13.9. The molecule has 1 unspecified atom stereocenters. The summed E-state index contributed by atoms with van der Waals surface area (Å²) in [5.74, 6) is 0. The van der Waals surface area contributed by atoms with Gasteiger partial charge in [-0.05, 0) is 19.6 Å². The highest BCUT2D eigenvalue weighted by atomic mass is 28.4. The van der Waals surface area contributed by atoms with Crippen LogP contribution in [0.4, 0.5) is 22.0 Å². The van der Waals surface area contributed by atoms with Gasteiger partial charge < -0.3 is 4.43 Å². The molecule has 1 atom stereocenters. The van der Waals surface area contributed by atoms with Crippen molar-refractivity contribution in [3.8, 4) is 0 Å². The molecule has 0 fully saturated rings.